The maximum Gasteiger partial charge on any atom is 0.259 e. The number of rotatable bonds is 7. The van der Waals surface area contributed by atoms with Crippen LogP contribution in [-0.4, -0.2) is 11.8 Å². The Labute approximate surface area is 170 Å². The largest absolute Gasteiger partial charge is 0.488 e. The molecule has 3 rings (SSSR count). The molecule has 0 heterocycles. The zero-order valence-electron chi connectivity index (χ0n) is 16.6. The number of carbonyl (C=O) groups excluding carboxylic acids is 2. The third-order valence-electron chi connectivity index (χ3n) is 4.55. The lowest BCUT2D eigenvalue weighted by atomic mass is 10.1. The monoisotopic (exact) mass is 388 g/mol. The lowest BCUT2D eigenvalue weighted by Crippen LogP contribution is -2.16. The zero-order chi connectivity index (χ0) is 20.6. The van der Waals surface area contributed by atoms with Gasteiger partial charge in [0.25, 0.3) is 5.91 Å². The molecular formula is C24H24N2O3. The molecule has 3 aromatic carbocycles. The van der Waals surface area contributed by atoms with Crippen molar-refractivity contribution >= 4 is 23.2 Å². The van der Waals surface area contributed by atoms with Gasteiger partial charge in [-0.1, -0.05) is 55.5 Å². The van der Waals surface area contributed by atoms with Crippen molar-refractivity contribution in [1.82, 2.24) is 0 Å². The van der Waals surface area contributed by atoms with Gasteiger partial charge in [-0.3, -0.25) is 9.59 Å². The second kappa shape index (κ2) is 9.55. The molecule has 29 heavy (non-hydrogen) atoms. The van der Waals surface area contributed by atoms with E-state index in [1.54, 1.807) is 31.2 Å². The van der Waals surface area contributed by atoms with Gasteiger partial charge in [0.2, 0.25) is 5.91 Å². The van der Waals surface area contributed by atoms with E-state index in [0.29, 0.717) is 35.7 Å². The van der Waals surface area contributed by atoms with Crippen LogP contribution in [0.2, 0.25) is 0 Å². The van der Waals surface area contributed by atoms with Crippen LogP contribution in [0.1, 0.15) is 34.8 Å². The lowest BCUT2D eigenvalue weighted by Gasteiger charge is -2.15. The standard InChI is InChI=1S/C24H24N2O3/c1-3-23(27)25-20-13-9-14-21(17(20)2)26-24(28)19-12-7-8-15-22(19)29-16-18-10-5-4-6-11-18/h4-15H,3,16H2,1-2H3,(H,25,27)(H,26,28). The van der Waals surface area contributed by atoms with Crippen LogP contribution in [0.4, 0.5) is 11.4 Å². The number of carbonyl (C=O) groups is 2. The van der Waals surface area contributed by atoms with E-state index in [9.17, 15) is 9.59 Å². The maximum atomic E-state index is 12.9. The summed E-state index contributed by atoms with van der Waals surface area (Å²) in [4.78, 5) is 24.6. The van der Waals surface area contributed by atoms with E-state index in [4.69, 9.17) is 4.74 Å². The summed E-state index contributed by atoms with van der Waals surface area (Å²) in [7, 11) is 0. The highest BCUT2D eigenvalue weighted by Crippen LogP contribution is 2.26. The molecule has 0 atom stereocenters. The average molecular weight is 388 g/mol. The predicted octanol–water partition coefficient (Wildman–Crippen LogP) is 5.17. The van der Waals surface area contributed by atoms with E-state index in [0.717, 1.165) is 11.1 Å². The van der Waals surface area contributed by atoms with Gasteiger partial charge < -0.3 is 15.4 Å². The van der Waals surface area contributed by atoms with E-state index >= 15 is 0 Å². The first kappa shape index (κ1) is 20.1. The molecule has 0 saturated carbocycles. The highest BCUT2D eigenvalue weighted by atomic mass is 16.5. The molecule has 0 aromatic heterocycles. The Morgan fingerprint density at radius 2 is 1.48 bits per heavy atom. The fourth-order valence-electron chi connectivity index (χ4n) is 2.85. The maximum absolute atomic E-state index is 12.9. The minimum Gasteiger partial charge on any atom is -0.488 e. The third kappa shape index (κ3) is 5.23. The van der Waals surface area contributed by atoms with Crippen LogP contribution in [0, 0.1) is 6.92 Å². The quantitative estimate of drug-likeness (QED) is 0.586. The number of hydrogen-bond acceptors (Lipinski definition) is 3. The molecule has 0 aliphatic carbocycles. The summed E-state index contributed by atoms with van der Waals surface area (Å²) < 4.78 is 5.89. The van der Waals surface area contributed by atoms with Gasteiger partial charge in [0, 0.05) is 17.8 Å². The van der Waals surface area contributed by atoms with Gasteiger partial charge in [-0.25, -0.2) is 0 Å². The van der Waals surface area contributed by atoms with E-state index < -0.39 is 0 Å². The van der Waals surface area contributed by atoms with Crippen molar-refractivity contribution in [3.05, 3.63) is 89.5 Å². The summed E-state index contributed by atoms with van der Waals surface area (Å²) in [5.74, 6) is 0.175. The fraction of sp³-hybridized carbons (Fsp3) is 0.167. The second-order valence-electron chi connectivity index (χ2n) is 6.60. The summed E-state index contributed by atoms with van der Waals surface area (Å²) in [6, 6.07) is 22.4. The van der Waals surface area contributed by atoms with Crippen LogP contribution in [0.25, 0.3) is 0 Å². The first-order valence-corrected chi connectivity index (χ1v) is 9.55. The van der Waals surface area contributed by atoms with Gasteiger partial charge >= 0.3 is 0 Å². The minimum atomic E-state index is -0.268. The number of ether oxygens (including phenoxy) is 1. The van der Waals surface area contributed by atoms with E-state index in [1.165, 1.54) is 0 Å². The van der Waals surface area contributed by atoms with Crippen molar-refractivity contribution in [3.63, 3.8) is 0 Å². The molecule has 2 N–H and O–H groups in total. The molecule has 0 aliphatic heterocycles. The number of amides is 2. The van der Waals surface area contributed by atoms with Gasteiger partial charge in [-0.05, 0) is 42.3 Å². The van der Waals surface area contributed by atoms with Crippen molar-refractivity contribution in [2.75, 3.05) is 10.6 Å². The molecular weight excluding hydrogens is 364 g/mol. The highest BCUT2D eigenvalue weighted by Gasteiger charge is 2.15. The molecule has 5 nitrogen and oxygen atoms in total. The first-order valence-electron chi connectivity index (χ1n) is 9.55. The molecule has 0 radical (unpaired) electrons. The van der Waals surface area contributed by atoms with Crippen LogP contribution in [0.15, 0.2) is 72.8 Å². The third-order valence-corrected chi connectivity index (χ3v) is 4.55. The topological polar surface area (TPSA) is 67.4 Å². The van der Waals surface area contributed by atoms with Crippen molar-refractivity contribution in [3.8, 4) is 5.75 Å². The fourth-order valence-corrected chi connectivity index (χ4v) is 2.85. The van der Waals surface area contributed by atoms with Crippen LogP contribution in [0.3, 0.4) is 0 Å². The first-order chi connectivity index (χ1) is 14.1. The lowest BCUT2D eigenvalue weighted by molar-refractivity contribution is -0.115. The summed E-state index contributed by atoms with van der Waals surface area (Å²) in [6.45, 7) is 4.03. The SMILES string of the molecule is CCC(=O)Nc1cccc(NC(=O)c2ccccc2OCc2ccccc2)c1C. The minimum absolute atomic E-state index is 0.0729. The number of anilines is 2. The molecule has 2 amide bonds. The number of benzene rings is 3. The molecule has 0 fully saturated rings. The molecule has 0 unspecified atom stereocenters. The Balaban J connectivity index is 1.76. The van der Waals surface area contributed by atoms with Gasteiger partial charge in [0.1, 0.15) is 12.4 Å². The Morgan fingerprint density at radius 3 is 2.21 bits per heavy atom. The molecule has 0 aliphatic rings. The summed E-state index contributed by atoms with van der Waals surface area (Å²) >= 11 is 0. The van der Waals surface area contributed by atoms with Gasteiger partial charge in [0.05, 0.1) is 5.56 Å². The van der Waals surface area contributed by atoms with E-state index in [1.807, 2.05) is 55.5 Å². The van der Waals surface area contributed by atoms with Gasteiger partial charge in [-0.2, -0.15) is 0 Å². The van der Waals surface area contributed by atoms with Crippen LogP contribution >= 0.6 is 0 Å². The van der Waals surface area contributed by atoms with Crippen molar-refractivity contribution in [2.24, 2.45) is 0 Å². The molecule has 148 valence electrons. The van der Waals surface area contributed by atoms with Crippen LogP contribution in [0.5, 0.6) is 5.75 Å². The molecule has 0 saturated heterocycles. The Bertz CT molecular complexity index is 1000. The Morgan fingerprint density at radius 1 is 0.828 bits per heavy atom. The average Bonchev–Trinajstić information content (AvgIpc) is 2.75. The highest BCUT2D eigenvalue weighted by molar-refractivity contribution is 6.07. The van der Waals surface area contributed by atoms with E-state index in [-0.39, 0.29) is 11.8 Å². The second-order valence-corrected chi connectivity index (χ2v) is 6.60. The van der Waals surface area contributed by atoms with Crippen LogP contribution < -0.4 is 15.4 Å². The molecule has 0 bridgehead atoms. The number of nitrogens with one attached hydrogen (secondary N) is 2. The van der Waals surface area contributed by atoms with Gasteiger partial charge in [0.15, 0.2) is 0 Å². The van der Waals surface area contributed by atoms with Gasteiger partial charge in [-0.15, -0.1) is 0 Å². The summed E-state index contributed by atoms with van der Waals surface area (Å²) in [5, 5.41) is 5.77. The van der Waals surface area contributed by atoms with Crippen molar-refractivity contribution in [1.29, 1.82) is 0 Å². The molecule has 0 spiro atoms. The number of hydrogen-bond donors (Lipinski definition) is 2. The zero-order valence-corrected chi connectivity index (χ0v) is 16.6. The van der Waals surface area contributed by atoms with E-state index in [2.05, 4.69) is 10.6 Å². The van der Waals surface area contributed by atoms with Crippen LogP contribution in [-0.2, 0) is 11.4 Å². The smallest absolute Gasteiger partial charge is 0.259 e. The summed E-state index contributed by atoms with van der Waals surface area (Å²) in [6.07, 6.45) is 0.391. The predicted molar refractivity (Wildman–Crippen MR) is 115 cm³/mol. The van der Waals surface area contributed by atoms with Crippen molar-refractivity contribution < 1.29 is 14.3 Å². The normalized spacial score (nSPS) is 10.3. The molecule has 3 aromatic rings. The number of para-hydroxylation sites is 1. The molecule has 5 heteroatoms. The summed E-state index contributed by atoms with van der Waals surface area (Å²) in [5.41, 5.74) is 3.60. The Kier molecular flexibility index (Phi) is 6.63. The van der Waals surface area contributed by atoms with Crippen molar-refractivity contribution in [2.45, 2.75) is 26.9 Å². The Hall–Kier alpha value is -3.60.